The Kier molecular flexibility index (Phi) is 3.44. The molecule has 1 heterocycles. The van der Waals surface area contributed by atoms with Crippen molar-refractivity contribution in [3.63, 3.8) is 0 Å². The van der Waals surface area contributed by atoms with Crippen molar-refractivity contribution >= 4 is 15.7 Å². The average Bonchev–Trinajstić information content (AvgIpc) is 3.32. The molecule has 4 nitrogen and oxygen atoms in total. The summed E-state index contributed by atoms with van der Waals surface area (Å²) >= 11 is 0. The van der Waals surface area contributed by atoms with Crippen molar-refractivity contribution in [2.45, 2.75) is 24.6 Å². The highest BCUT2D eigenvalue weighted by molar-refractivity contribution is 7.93. The fourth-order valence-corrected chi connectivity index (χ4v) is 3.95. The van der Waals surface area contributed by atoms with Crippen molar-refractivity contribution < 1.29 is 8.42 Å². The molecule has 5 heteroatoms. The first-order chi connectivity index (χ1) is 9.68. The van der Waals surface area contributed by atoms with Crippen molar-refractivity contribution in [3.8, 4) is 0 Å². The van der Waals surface area contributed by atoms with Gasteiger partial charge < -0.3 is 0 Å². The van der Waals surface area contributed by atoms with Gasteiger partial charge in [0, 0.05) is 6.20 Å². The SMILES string of the molecule is O=S(=O)(C1CC1)N(Cc1ccccc1)c1cccnc1. The molecule has 0 unspecified atom stereocenters. The normalized spacial score (nSPS) is 15.0. The second-order valence-corrected chi connectivity index (χ2v) is 7.09. The van der Waals surface area contributed by atoms with E-state index in [9.17, 15) is 8.42 Å². The molecule has 0 N–H and O–H groups in total. The van der Waals surface area contributed by atoms with E-state index in [4.69, 9.17) is 0 Å². The van der Waals surface area contributed by atoms with Crippen LogP contribution in [0.4, 0.5) is 5.69 Å². The Bertz CT molecular complexity index is 668. The van der Waals surface area contributed by atoms with Crippen LogP contribution in [0.15, 0.2) is 54.9 Å². The summed E-state index contributed by atoms with van der Waals surface area (Å²) in [5.74, 6) is 0. The number of benzene rings is 1. The lowest BCUT2D eigenvalue weighted by molar-refractivity contribution is 0.589. The fraction of sp³-hybridized carbons (Fsp3) is 0.267. The number of aromatic nitrogens is 1. The van der Waals surface area contributed by atoms with Crippen molar-refractivity contribution in [1.82, 2.24) is 4.98 Å². The summed E-state index contributed by atoms with van der Waals surface area (Å²) in [7, 11) is -3.29. The Morgan fingerprint density at radius 3 is 2.45 bits per heavy atom. The molecule has 0 amide bonds. The molecule has 3 rings (SSSR count). The predicted molar refractivity (Wildman–Crippen MR) is 78.8 cm³/mol. The van der Waals surface area contributed by atoms with E-state index in [2.05, 4.69) is 4.98 Å². The molecule has 2 aromatic rings. The van der Waals surface area contributed by atoms with Gasteiger partial charge in [-0.1, -0.05) is 30.3 Å². The van der Waals surface area contributed by atoms with Crippen LogP contribution in [0.1, 0.15) is 18.4 Å². The molecule has 1 aliphatic carbocycles. The molecule has 0 atom stereocenters. The average molecular weight is 288 g/mol. The van der Waals surface area contributed by atoms with Crippen LogP contribution in [-0.2, 0) is 16.6 Å². The number of hydrogen-bond donors (Lipinski definition) is 0. The van der Waals surface area contributed by atoms with E-state index in [1.807, 2.05) is 30.3 Å². The molecule has 1 aromatic heterocycles. The highest BCUT2D eigenvalue weighted by atomic mass is 32.2. The van der Waals surface area contributed by atoms with E-state index in [1.54, 1.807) is 24.5 Å². The second-order valence-electron chi connectivity index (χ2n) is 4.95. The highest BCUT2D eigenvalue weighted by Crippen LogP contribution is 2.34. The zero-order chi connectivity index (χ0) is 14.0. The van der Waals surface area contributed by atoms with E-state index in [1.165, 1.54) is 4.31 Å². The Balaban J connectivity index is 1.96. The standard InChI is InChI=1S/C15H16N2O2S/c18-20(19,15-8-9-15)17(14-7-4-10-16-11-14)12-13-5-2-1-3-6-13/h1-7,10-11,15H,8-9,12H2. The summed E-state index contributed by atoms with van der Waals surface area (Å²) in [6.07, 6.45) is 4.76. The lowest BCUT2D eigenvalue weighted by Gasteiger charge is -2.24. The van der Waals surface area contributed by atoms with E-state index in [0.717, 1.165) is 18.4 Å². The number of rotatable bonds is 5. The third-order valence-electron chi connectivity index (χ3n) is 3.36. The molecular formula is C15H16N2O2S. The van der Waals surface area contributed by atoms with Crippen LogP contribution in [0.3, 0.4) is 0 Å². The van der Waals surface area contributed by atoms with Gasteiger partial charge in [0.2, 0.25) is 10.0 Å². The van der Waals surface area contributed by atoms with Gasteiger partial charge in [0.05, 0.1) is 23.7 Å². The lowest BCUT2D eigenvalue weighted by atomic mass is 10.2. The molecule has 0 saturated heterocycles. The smallest absolute Gasteiger partial charge is 0.238 e. The second kappa shape index (κ2) is 5.25. The monoisotopic (exact) mass is 288 g/mol. The van der Waals surface area contributed by atoms with E-state index >= 15 is 0 Å². The first-order valence-electron chi connectivity index (χ1n) is 6.63. The van der Waals surface area contributed by atoms with Crippen LogP contribution in [0.5, 0.6) is 0 Å². The van der Waals surface area contributed by atoms with Crippen LogP contribution in [0.2, 0.25) is 0 Å². The quantitative estimate of drug-likeness (QED) is 0.849. The lowest BCUT2D eigenvalue weighted by Crippen LogP contribution is -2.33. The predicted octanol–water partition coefficient (Wildman–Crippen LogP) is 2.58. The van der Waals surface area contributed by atoms with E-state index < -0.39 is 10.0 Å². The van der Waals surface area contributed by atoms with E-state index in [0.29, 0.717) is 12.2 Å². The largest absolute Gasteiger partial charge is 0.264 e. The van der Waals surface area contributed by atoms with Gasteiger partial charge in [0.25, 0.3) is 0 Å². The van der Waals surface area contributed by atoms with Crippen molar-refractivity contribution in [3.05, 3.63) is 60.4 Å². The summed E-state index contributed by atoms with van der Waals surface area (Å²) in [5, 5.41) is -0.230. The summed E-state index contributed by atoms with van der Waals surface area (Å²) in [6, 6.07) is 13.2. The van der Waals surface area contributed by atoms with Crippen LogP contribution in [-0.4, -0.2) is 18.7 Å². The van der Waals surface area contributed by atoms with E-state index in [-0.39, 0.29) is 5.25 Å². The molecule has 0 aliphatic heterocycles. The summed E-state index contributed by atoms with van der Waals surface area (Å²) in [6.45, 7) is 0.353. The van der Waals surface area contributed by atoms with Crippen LogP contribution < -0.4 is 4.31 Å². The molecular weight excluding hydrogens is 272 g/mol. The van der Waals surface area contributed by atoms with Crippen LogP contribution in [0.25, 0.3) is 0 Å². The topological polar surface area (TPSA) is 50.3 Å². The maximum absolute atomic E-state index is 12.6. The molecule has 0 bridgehead atoms. The highest BCUT2D eigenvalue weighted by Gasteiger charge is 2.40. The number of sulfonamides is 1. The van der Waals surface area contributed by atoms with Gasteiger partial charge in [0.15, 0.2) is 0 Å². The van der Waals surface area contributed by atoms with Gasteiger partial charge in [-0.15, -0.1) is 0 Å². The van der Waals surface area contributed by atoms with Crippen molar-refractivity contribution in [2.75, 3.05) is 4.31 Å². The van der Waals surface area contributed by atoms with Crippen molar-refractivity contribution in [1.29, 1.82) is 0 Å². The van der Waals surface area contributed by atoms with Gasteiger partial charge in [-0.2, -0.15) is 0 Å². The summed E-state index contributed by atoms with van der Waals surface area (Å²) in [4.78, 5) is 4.03. The Morgan fingerprint density at radius 2 is 1.85 bits per heavy atom. The van der Waals surface area contributed by atoms with Gasteiger partial charge in [-0.05, 0) is 30.5 Å². The molecule has 0 spiro atoms. The minimum atomic E-state index is -3.29. The summed E-state index contributed by atoms with van der Waals surface area (Å²) < 4.78 is 26.7. The number of anilines is 1. The Hall–Kier alpha value is -1.88. The third kappa shape index (κ3) is 2.67. The van der Waals surface area contributed by atoms with Crippen molar-refractivity contribution in [2.24, 2.45) is 0 Å². The number of hydrogen-bond acceptors (Lipinski definition) is 3. The third-order valence-corrected chi connectivity index (χ3v) is 5.62. The minimum absolute atomic E-state index is 0.230. The fourth-order valence-electron chi connectivity index (χ4n) is 2.12. The van der Waals surface area contributed by atoms with Gasteiger partial charge in [-0.3, -0.25) is 9.29 Å². The first kappa shape index (κ1) is 13.1. The van der Waals surface area contributed by atoms with Gasteiger partial charge >= 0.3 is 0 Å². The molecule has 0 radical (unpaired) electrons. The zero-order valence-corrected chi connectivity index (χ0v) is 11.8. The van der Waals surface area contributed by atoms with Crippen LogP contribution >= 0.6 is 0 Å². The molecule has 1 saturated carbocycles. The number of nitrogens with zero attached hydrogens (tertiary/aromatic N) is 2. The van der Waals surface area contributed by atoms with Crippen LogP contribution in [0, 0.1) is 0 Å². The minimum Gasteiger partial charge on any atom is -0.264 e. The first-order valence-corrected chi connectivity index (χ1v) is 8.14. The van der Waals surface area contributed by atoms with Gasteiger partial charge in [0.1, 0.15) is 0 Å². The number of pyridine rings is 1. The Labute approximate surface area is 119 Å². The molecule has 1 aliphatic rings. The molecule has 1 aromatic carbocycles. The Morgan fingerprint density at radius 1 is 1.10 bits per heavy atom. The summed E-state index contributed by atoms with van der Waals surface area (Å²) in [5.41, 5.74) is 1.60. The van der Waals surface area contributed by atoms with Gasteiger partial charge in [-0.25, -0.2) is 8.42 Å². The zero-order valence-electron chi connectivity index (χ0n) is 11.0. The maximum Gasteiger partial charge on any atom is 0.238 e. The molecule has 104 valence electrons. The molecule has 20 heavy (non-hydrogen) atoms. The maximum atomic E-state index is 12.6. The molecule has 1 fully saturated rings.